The molecule has 3 rings (SSSR count). The molecule has 0 saturated heterocycles. The smallest absolute Gasteiger partial charge is 0.301 e. The van der Waals surface area contributed by atoms with Crippen molar-refractivity contribution in [3.63, 3.8) is 0 Å². The first-order chi connectivity index (χ1) is 9.03. The lowest BCUT2D eigenvalue weighted by Gasteiger charge is -2.40. The Labute approximate surface area is 113 Å². The van der Waals surface area contributed by atoms with Gasteiger partial charge in [-0.3, -0.25) is 4.57 Å². The van der Waals surface area contributed by atoms with Crippen molar-refractivity contribution in [2.24, 2.45) is 0 Å². The summed E-state index contributed by atoms with van der Waals surface area (Å²) in [5.41, 5.74) is 0.884. The molecule has 0 spiro atoms. The second-order valence-electron chi connectivity index (χ2n) is 5.16. The summed E-state index contributed by atoms with van der Waals surface area (Å²) in [6.07, 6.45) is 0. The lowest BCUT2D eigenvalue weighted by Crippen LogP contribution is -2.40. The third kappa shape index (κ3) is 1.85. The van der Waals surface area contributed by atoms with E-state index in [0.717, 1.165) is 11.0 Å². The van der Waals surface area contributed by atoms with Crippen LogP contribution in [-0.2, 0) is 4.57 Å². The minimum Gasteiger partial charge on any atom is -0.436 e. The molecule has 0 aromatic heterocycles. The molecule has 0 saturated carbocycles. The lowest BCUT2D eigenvalue weighted by atomic mass is 10.2. The number of anilines is 1. The fourth-order valence-electron chi connectivity index (χ4n) is 2.30. The van der Waals surface area contributed by atoms with Gasteiger partial charge in [0.1, 0.15) is 11.0 Å². The Bertz CT molecular complexity index is 652. The van der Waals surface area contributed by atoms with Crippen LogP contribution in [0.3, 0.4) is 0 Å². The summed E-state index contributed by atoms with van der Waals surface area (Å²) in [5, 5.41) is 3.44. The highest BCUT2D eigenvalue weighted by Crippen LogP contribution is 2.61. The first-order valence-corrected chi connectivity index (χ1v) is 7.88. The normalized spacial score (nSPS) is 23.9. The summed E-state index contributed by atoms with van der Waals surface area (Å²) < 4.78 is 19.3. The van der Waals surface area contributed by atoms with E-state index in [1.54, 1.807) is 0 Å². The molecule has 1 atom stereocenters. The van der Waals surface area contributed by atoms with Gasteiger partial charge in [-0.25, -0.2) is 0 Å². The molecule has 1 aliphatic rings. The highest BCUT2D eigenvalue weighted by atomic mass is 31.2. The maximum Gasteiger partial charge on any atom is 0.301 e. The lowest BCUT2D eigenvalue weighted by molar-refractivity contribution is 0.454. The number of fused-ring (bicyclic) bond motifs is 1. The van der Waals surface area contributed by atoms with E-state index < -0.39 is 12.6 Å². The average Bonchev–Trinajstić information content (AvgIpc) is 2.40. The van der Waals surface area contributed by atoms with Crippen molar-refractivity contribution in [2.45, 2.75) is 19.1 Å². The predicted molar refractivity (Wildman–Crippen MR) is 78.5 cm³/mol. The van der Waals surface area contributed by atoms with Gasteiger partial charge in [-0.1, -0.05) is 30.3 Å². The van der Waals surface area contributed by atoms with Crippen molar-refractivity contribution >= 4 is 18.4 Å². The number of hydrogen-bond acceptors (Lipinski definition) is 3. The van der Waals surface area contributed by atoms with E-state index in [9.17, 15) is 4.57 Å². The maximum atomic E-state index is 13.4. The molecule has 0 fully saturated rings. The highest BCUT2D eigenvalue weighted by molar-refractivity contribution is 7.69. The van der Waals surface area contributed by atoms with Gasteiger partial charge in [0, 0.05) is 0 Å². The van der Waals surface area contributed by atoms with Gasteiger partial charge in [0.25, 0.3) is 0 Å². The van der Waals surface area contributed by atoms with Crippen LogP contribution in [0, 0.1) is 0 Å². The number of rotatable bonds is 1. The zero-order valence-electron chi connectivity index (χ0n) is 11.0. The zero-order valence-corrected chi connectivity index (χ0v) is 11.9. The molecule has 0 radical (unpaired) electrons. The van der Waals surface area contributed by atoms with Gasteiger partial charge in [0.15, 0.2) is 0 Å². The fourth-order valence-corrected chi connectivity index (χ4v) is 4.55. The van der Waals surface area contributed by atoms with Crippen molar-refractivity contribution in [1.29, 1.82) is 0 Å². The summed E-state index contributed by atoms with van der Waals surface area (Å²) in [5.74, 6) is 0.647. The maximum absolute atomic E-state index is 13.4. The molecule has 98 valence electrons. The van der Waals surface area contributed by atoms with Gasteiger partial charge >= 0.3 is 7.37 Å². The molecule has 1 heterocycles. The Kier molecular flexibility index (Phi) is 2.68. The van der Waals surface area contributed by atoms with E-state index in [0.29, 0.717) is 5.75 Å². The minimum atomic E-state index is -3.01. The third-order valence-corrected chi connectivity index (χ3v) is 6.40. The largest absolute Gasteiger partial charge is 0.436 e. The van der Waals surface area contributed by atoms with Crippen LogP contribution in [0.25, 0.3) is 0 Å². The van der Waals surface area contributed by atoms with Crippen LogP contribution < -0.4 is 15.1 Å². The molecule has 2 aromatic rings. The van der Waals surface area contributed by atoms with E-state index in [4.69, 9.17) is 4.52 Å². The summed E-state index contributed by atoms with van der Waals surface area (Å²) in [7, 11) is -3.01. The fraction of sp³-hybridized carbons (Fsp3) is 0.200. The number of benzene rings is 2. The first-order valence-electron chi connectivity index (χ1n) is 6.25. The van der Waals surface area contributed by atoms with Gasteiger partial charge < -0.3 is 9.84 Å². The number of hydrogen-bond donors (Lipinski definition) is 1. The van der Waals surface area contributed by atoms with E-state index >= 15 is 0 Å². The molecule has 0 amide bonds. The third-order valence-electron chi connectivity index (χ3n) is 3.39. The second-order valence-corrected chi connectivity index (χ2v) is 8.08. The molecule has 19 heavy (non-hydrogen) atoms. The van der Waals surface area contributed by atoms with E-state index in [-0.39, 0.29) is 0 Å². The second kappa shape index (κ2) is 4.14. The SMILES string of the molecule is CC1(C)Nc2ccccc2O[P@@]1(=O)c1ccccc1. The summed E-state index contributed by atoms with van der Waals surface area (Å²) in [4.78, 5) is 0. The predicted octanol–water partition coefficient (Wildman–Crippen LogP) is 3.83. The minimum absolute atomic E-state index is 0.636. The summed E-state index contributed by atoms with van der Waals surface area (Å²) in [6, 6.07) is 17.0. The zero-order chi connectivity index (χ0) is 13.5. The van der Waals surface area contributed by atoms with E-state index in [1.165, 1.54) is 0 Å². The van der Waals surface area contributed by atoms with Gasteiger partial charge in [0.2, 0.25) is 0 Å². The molecule has 1 N–H and O–H groups in total. The van der Waals surface area contributed by atoms with Gasteiger partial charge in [-0.05, 0) is 38.1 Å². The quantitative estimate of drug-likeness (QED) is 0.802. The molecular weight excluding hydrogens is 257 g/mol. The van der Waals surface area contributed by atoms with Crippen LogP contribution in [0.4, 0.5) is 5.69 Å². The Hall–Kier alpha value is -1.73. The Morgan fingerprint density at radius 3 is 2.37 bits per heavy atom. The standard InChI is InChI=1S/C15H16NO2P/c1-15(2)16-13-10-6-7-11-14(13)18-19(15,17)12-8-4-3-5-9-12/h3-11,16H,1-2H3/t19-/m0/s1. The van der Waals surface area contributed by atoms with Gasteiger partial charge in [-0.15, -0.1) is 0 Å². The van der Waals surface area contributed by atoms with Crippen molar-refractivity contribution in [3.8, 4) is 5.75 Å². The van der Waals surface area contributed by atoms with Crippen LogP contribution >= 0.6 is 7.37 Å². The van der Waals surface area contributed by atoms with E-state index in [2.05, 4.69) is 5.32 Å². The first kappa shape index (κ1) is 12.3. The van der Waals surface area contributed by atoms with Crippen LogP contribution in [0.1, 0.15) is 13.8 Å². The average molecular weight is 273 g/mol. The van der Waals surface area contributed by atoms with Crippen molar-refractivity contribution < 1.29 is 9.09 Å². The van der Waals surface area contributed by atoms with Crippen molar-refractivity contribution in [3.05, 3.63) is 54.6 Å². The Morgan fingerprint density at radius 1 is 1.00 bits per heavy atom. The molecule has 0 bridgehead atoms. The molecular formula is C15H16NO2P. The topological polar surface area (TPSA) is 38.3 Å². The Balaban J connectivity index is 2.15. The van der Waals surface area contributed by atoms with Gasteiger partial charge in [0.05, 0.1) is 11.0 Å². The molecule has 0 aliphatic carbocycles. The molecule has 2 aromatic carbocycles. The van der Waals surface area contributed by atoms with Crippen molar-refractivity contribution in [2.75, 3.05) is 5.32 Å². The molecule has 3 nitrogen and oxygen atoms in total. The molecule has 0 unspecified atom stereocenters. The van der Waals surface area contributed by atoms with E-state index in [1.807, 2.05) is 68.4 Å². The van der Waals surface area contributed by atoms with Crippen LogP contribution in [0.5, 0.6) is 5.75 Å². The molecule has 1 aliphatic heterocycles. The van der Waals surface area contributed by atoms with Gasteiger partial charge in [-0.2, -0.15) is 0 Å². The van der Waals surface area contributed by atoms with Crippen LogP contribution in [-0.4, -0.2) is 5.28 Å². The van der Waals surface area contributed by atoms with Crippen molar-refractivity contribution in [1.82, 2.24) is 0 Å². The van der Waals surface area contributed by atoms with Crippen LogP contribution in [0.2, 0.25) is 0 Å². The monoisotopic (exact) mass is 273 g/mol. The van der Waals surface area contributed by atoms with Crippen LogP contribution in [0.15, 0.2) is 54.6 Å². The highest BCUT2D eigenvalue weighted by Gasteiger charge is 2.48. The number of para-hydroxylation sites is 2. The summed E-state index contributed by atoms with van der Waals surface area (Å²) in [6.45, 7) is 3.83. The summed E-state index contributed by atoms with van der Waals surface area (Å²) >= 11 is 0. The molecule has 4 heteroatoms. The Morgan fingerprint density at radius 2 is 1.63 bits per heavy atom. The number of nitrogens with one attached hydrogen (secondary N) is 1.